The summed E-state index contributed by atoms with van der Waals surface area (Å²) in [6.07, 6.45) is -12.1. The van der Waals surface area contributed by atoms with Gasteiger partial charge in [0.1, 0.15) is 0 Å². The van der Waals surface area contributed by atoms with E-state index in [0.29, 0.717) is 24.2 Å². The lowest BCUT2D eigenvalue weighted by Gasteiger charge is -2.32. The number of aromatic carboxylic acids is 1. The van der Waals surface area contributed by atoms with Gasteiger partial charge in [0, 0.05) is 15.7 Å². The van der Waals surface area contributed by atoms with Crippen molar-refractivity contribution in [2.45, 2.75) is 55.4 Å². The van der Waals surface area contributed by atoms with Gasteiger partial charge in [-0.1, -0.05) is 19.9 Å². The number of alkyl halides is 7. The predicted octanol–water partition coefficient (Wildman–Crippen LogP) is 5.87. The third kappa shape index (κ3) is 3.88. The highest BCUT2D eigenvalue weighted by Gasteiger charge is 2.74. The highest BCUT2D eigenvalue weighted by atomic mass is 32.2. The molecule has 10 heteroatoms. The number of carboxylic acids is 1. The number of hydrogen-bond acceptors (Lipinski definition) is 2. The van der Waals surface area contributed by atoms with Crippen LogP contribution in [0.4, 0.5) is 30.7 Å². The first kappa shape index (κ1) is 21.6. The molecule has 0 fully saturated rings. The van der Waals surface area contributed by atoms with Crippen LogP contribution in [0.3, 0.4) is 0 Å². The zero-order valence-electron chi connectivity index (χ0n) is 13.3. The average molecular weight is 392 g/mol. The Morgan fingerprint density at radius 2 is 1.60 bits per heavy atom. The van der Waals surface area contributed by atoms with Gasteiger partial charge in [0.15, 0.2) is 0 Å². The molecular weight excluding hydrogens is 377 g/mol. The Bertz CT molecular complexity index is 639. The Labute approximate surface area is 143 Å². The van der Waals surface area contributed by atoms with Crippen LogP contribution in [0, 0.1) is 6.92 Å². The molecule has 0 saturated heterocycles. The molecule has 0 bridgehead atoms. The molecule has 142 valence electrons. The van der Waals surface area contributed by atoms with Crippen LogP contribution in [0.2, 0.25) is 0 Å². The molecule has 1 unspecified atom stereocenters. The van der Waals surface area contributed by atoms with Gasteiger partial charge in [-0.25, -0.2) is 9.18 Å². The van der Waals surface area contributed by atoms with Crippen LogP contribution in [-0.4, -0.2) is 28.7 Å². The van der Waals surface area contributed by atoms with Crippen molar-refractivity contribution < 1.29 is 40.6 Å². The molecule has 1 atom stereocenters. The van der Waals surface area contributed by atoms with Crippen molar-refractivity contribution in [1.29, 1.82) is 0 Å². The normalized spacial score (nSPS) is 14.5. The van der Waals surface area contributed by atoms with E-state index in [1.165, 1.54) is 6.92 Å². The summed E-state index contributed by atoms with van der Waals surface area (Å²) in [6, 6.07) is 0.807. The summed E-state index contributed by atoms with van der Waals surface area (Å²) < 4.78 is 92.8. The molecule has 25 heavy (non-hydrogen) atoms. The monoisotopic (exact) mass is 392 g/mol. The summed E-state index contributed by atoms with van der Waals surface area (Å²) in [5.41, 5.74) is -8.07. The second kappa shape index (κ2) is 7.05. The van der Waals surface area contributed by atoms with Crippen LogP contribution in [0.15, 0.2) is 17.0 Å². The van der Waals surface area contributed by atoms with Crippen LogP contribution >= 0.6 is 11.8 Å². The molecule has 0 aliphatic carbocycles. The van der Waals surface area contributed by atoms with Crippen LogP contribution in [0.25, 0.3) is 0 Å². The molecule has 2 nitrogen and oxygen atoms in total. The molecule has 1 aromatic carbocycles. The molecule has 0 amide bonds. The van der Waals surface area contributed by atoms with Crippen molar-refractivity contribution in [2.75, 3.05) is 0 Å². The Kier molecular flexibility index (Phi) is 6.09. The van der Waals surface area contributed by atoms with E-state index in [4.69, 9.17) is 5.11 Å². The molecule has 0 spiro atoms. The van der Waals surface area contributed by atoms with E-state index in [9.17, 15) is 35.5 Å². The molecule has 1 aromatic rings. The number of halogens is 7. The van der Waals surface area contributed by atoms with Crippen LogP contribution in [0.5, 0.6) is 0 Å². The number of rotatable bonds is 5. The van der Waals surface area contributed by atoms with Crippen LogP contribution in [-0.2, 0) is 5.67 Å². The van der Waals surface area contributed by atoms with Crippen molar-refractivity contribution in [3.63, 3.8) is 0 Å². The first-order valence-electron chi connectivity index (χ1n) is 7.04. The third-order valence-electron chi connectivity index (χ3n) is 3.68. The fourth-order valence-corrected chi connectivity index (χ4v) is 3.29. The van der Waals surface area contributed by atoms with Crippen LogP contribution < -0.4 is 0 Å². The Balaban J connectivity index is 3.84. The second-order valence-electron chi connectivity index (χ2n) is 5.41. The van der Waals surface area contributed by atoms with Gasteiger partial charge in [0.05, 0.1) is 5.56 Å². The van der Waals surface area contributed by atoms with Crippen molar-refractivity contribution in [1.82, 2.24) is 0 Å². The fraction of sp³-hybridized carbons (Fsp3) is 0.533. The van der Waals surface area contributed by atoms with Crippen molar-refractivity contribution in [3.8, 4) is 0 Å². The van der Waals surface area contributed by atoms with E-state index in [1.807, 2.05) is 0 Å². The minimum Gasteiger partial charge on any atom is -0.478 e. The van der Waals surface area contributed by atoms with Gasteiger partial charge in [0.2, 0.25) is 0 Å². The van der Waals surface area contributed by atoms with Crippen LogP contribution in [0.1, 0.15) is 41.8 Å². The summed E-state index contributed by atoms with van der Waals surface area (Å²) in [6.45, 7) is 4.23. The maximum absolute atomic E-state index is 14.5. The molecule has 1 N–H and O–H groups in total. The minimum atomic E-state index is -6.26. The minimum absolute atomic E-state index is 0.252. The van der Waals surface area contributed by atoms with E-state index < -0.39 is 45.3 Å². The van der Waals surface area contributed by atoms with Crippen molar-refractivity contribution in [2.24, 2.45) is 0 Å². The third-order valence-corrected chi connectivity index (χ3v) is 5.18. The lowest BCUT2D eigenvalue weighted by Crippen LogP contribution is -2.50. The lowest BCUT2D eigenvalue weighted by atomic mass is 9.91. The largest absolute Gasteiger partial charge is 0.478 e. The van der Waals surface area contributed by atoms with Gasteiger partial charge in [-0.3, -0.25) is 0 Å². The highest BCUT2D eigenvalue weighted by Crippen LogP contribution is 2.56. The molecular formula is C15H15F7O2S. The number of hydrogen-bond donors (Lipinski definition) is 1. The van der Waals surface area contributed by atoms with Crippen molar-refractivity contribution >= 4 is 17.7 Å². The zero-order valence-corrected chi connectivity index (χ0v) is 14.2. The average Bonchev–Trinajstić information content (AvgIpc) is 2.45. The smallest absolute Gasteiger partial charge is 0.435 e. The number of benzene rings is 1. The summed E-state index contributed by atoms with van der Waals surface area (Å²) in [5.74, 6) is -1.53. The molecule has 0 aliphatic heterocycles. The van der Waals surface area contributed by atoms with E-state index in [2.05, 4.69) is 0 Å². The molecule has 0 aromatic heterocycles. The predicted molar refractivity (Wildman–Crippen MR) is 78.6 cm³/mol. The SMILES string of the molecule is CCC(C)Sc1c(C(F)(C(F)(F)F)C(F)(F)F)ccc(C(=O)O)c1C. The standard InChI is InChI=1S/C15H15F7O2S/c1-4-7(2)25-11-8(3)9(12(23)24)5-6-10(11)13(16,14(17,18)19)15(20,21)22/h5-7H,4H2,1-3H3,(H,23,24). The number of carboxylic acid groups (broad SMARTS) is 1. The molecule has 0 aliphatic rings. The first-order chi connectivity index (χ1) is 11.2. The highest BCUT2D eigenvalue weighted by molar-refractivity contribution is 8.00. The summed E-state index contributed by atoms with van der Waals surface area (Å²) in [7, 11) is 0. The zero-order chi connectivity index (χ0) is 19.8. The Morgan fingerprint density at radius 3 is 1.96 bits per heavy atom. The fourth-order valence-electron chi connectivity index (χ4n) is 2.10. The maximum Gasteiger partial charge on any atom is 0.435 e. The van der Waals surface area contributed by atoms with Crippen molar-refractivity contribution in [3.05, 3.63) is 28.8 Å². The Morgan fingerprint density at radius 1 is 1.12 bits per heavy atom. The Hall–Kier alpha value is -1.45. The molecule has 1 rings (SSSR count). The van der Waals surface area contributed by atoms with Gasteiger partial charge in [-0.15, -0.1) is 11.8 Å². The van der Waals surface area contributed by atoms with Gasteiger partial charge in [-0.05, 0) is 25.0 Å². The van der Waals surface area contributed by atoms with Gasteiger partial charge < -0.3 is 5.11 Å². The first-order valence-corrected chi connectivity index (χ1v) is 7.92. The maximum atomic E-state index is 14.5. The van der Waals surface area contributed by atoms with E-state index in [-0.39, 0.29) is 11.6 Å². The van der Waals surface area contributed by atoms with Gasteiger partial charge in [0.25, 0.3) is 0 Å². The summed E-state index contributed by atoms with van der Waals surface area (Å²) >= 11 is 0.584. The summed E-state index contributed by atoms with van der Waals surface area (Å²) in [4.78, 5) is 10.5. The topological polar surface area (TPSA) is 37.3 Å². The molecule has 0 heterocycles. The van der Waals surface area contributed by atoms with E-state index in [1.54, 1.807) is 6.92 Å². The molecule has 0 saturated carbocycles. The lowest BCUT2D eigenvalue weighted by molar-refractivity contribution is -0.349. The quantitative estimate of drug-likeness (QED) is 0.503. The van der Waals surface area contributed by atoms with E-state index >= 15 is 0 Å². The number of thioether (sulfide) groups is 1. The van der Waals surface area contributed by atoms with Gasteiger partial charge >= 0.3 is 24.0 Å². The summed E-state index contributed by atoms with van der Waals surface area (Å²) in [5, 5.41) is 8.60. The molecule has 0 radical (unpaired) electrons. The van der Waals surface area contributed by atoms with Gasteiger partial charge in [-0.2, -0.15) is 26.3 Å². The van der Waals surface area contributed by atoms with E-state index in [0.717, 1.165) is 6.92 Å². The second-order valence-corrected chi connectivity index (χ2v) is 6.86. The number of carbonyl (C=O) groups is 1.